The highest BCUT2D eigenvalue weighted by atomic mass is 16.1. The average molecular weight is 277 g/mol. The van der Waals surface area contributed by atoms with Crippen molar-refractivity contribution < 1.29 is 4.79 Å². The molecule has 2 aromatic rings. The van der Waals surface area contributed by atoms with Crippen LogP contribution in [0.1, 0.15) is 13.8 Å². The number of amides is 1. The van der Waals surface area contributed by atoms with Crippen molar-refractivity contribution in [1.82, 2.24) is 35.0 Å². The first kappa shape index (κ1) is 13.6. The molecule has 0 aliphatic carbocycles. The third kappa shape index (κ3) is 3.60. The zero-order valence-electron chi connectivity index (χ0n) is 11.1. The second-order valence-electron chi connectivity index (χ2n) is 4.23. The van der Waals surface area contributed by atoms with Crippen LogP contribution < -0.4 is 16.4 Å². The van der Waals surface area contributed by atoms with E-state index in [4.69, 9.17) is 5.73 Å². The van der Waals surface area contributed by atoms with E-state index in [9.17, 15) is 4.79 Å². The standard InChI is InChI=1S/C10H15N9O/c1-6(2)15-7(20)3-13-9-16-8(11)17-10(18-9)19-5-12-4-14-19/h4-6H,3H2,1-2H3,(H,15,20)(H3,11,13,16,17,18). The van der Waals surface area contributed by atoms with Gasteiger partial charge in [0, 0.05) is 6.04 Å². The summed E-state index contributed by atoms with van der Waals surface area (Å²) in [6.07, 6.45) is 2.78. The molecule has 2 aromatic heterocycles. The summed E-state index contributed by atoms with van der Waals surface area (Å²) in [5, 5.41) is 9.41. The number of hydrogen-bond donors (Lipinski definition) is 3. The van der Waals surface area contributed by atoms with Crippen LogP contribution in [0.2, 0.25) is 0 Å². The summed E-state index contributed by atoms with van der Waals surface area (Å²) in [5.74, 6) is 0.280. The highest BCUT2D eigenvalue weighted by molar-refractivity contribution is 5.80. The molecule has 0 atom stereocenters. The molecule has 4 N–H and O–H groups in total. The number of aromatic nitrogens is 6. The fraction of sp³-hybridized carbons (Fsp3) is 0.400. The number of hydrogen-bond acceptors (Lipinski definition) is 8. The summed E-state index contributed by atoms with van der Waals surface area (Å²) in [6.45, 7) is 3.79. The minimum Gasteiger partial charge on any atom is -0.368 e. The van der Waals surface area contributed by atoms with E-state index in [-0.39, 0.29) is 36.3 Å². The number of nitrogens with one attached hydrogen (secondary N) is 2. The van der Waals surface area contributed by atoms with Crippen LogP contribution in [-0.2, 0) is 4.79 Å². The van der Waals surface area contributed by atoms with Gasteiger partial charge in [0.15, 0.2) is 0 Å². The van der Waals surface area contributed by atoms with E-state index in [1.54, 1.807) is 0 Å². The van der Waals surface area contributed by atoms with E-state index in [0.29, 0.717) is 0 Å². The van der Waals surface area contributed by atoms with Crippen molar-refractivity contribution in [3.8, 4) is 5.95 Å². The molecule has 0 bridgehead atoms. The van der Waals surface area contributed by atoms with Crippen LogP contribution in [0.3, 0.4) is 0 Å². The molecule has 106 valence electrons. The summed E-state index contributed by atoms with van der Waals surface area (Å²) < 4.78 is 1.34. The SMILES string of the molecule is CC(C)NC(=O)CNc1nc(N)nc(-n2cncn2)n1. The van der Waals surface area contributed by atoms with E-state index >= 15 is 0 Å². The van der Waals surface area contributed by atoms with Crippen molar-refractivity contribution in [3.63, 3.8) is 0 Å². The summed E-state index contributed by atoms with van der Waals surface area (Å²) in [4.78, 5) is 27.2. The lowest BCUT2D eigenvalue weighted by Gasteiger charge is -2.09. The molecule has 0 radical (unpaired) electrons. The normalized spacial score (nSPS) is 10.6. The number of anilines is 2. The van der Waals surface area contributed by atoms with Crippen LogP contribution >= 0.6 is 0 Å². The molecule has 2 rings (SSSR count). The highest BCUT2D eigenvalue weighted by Crippen LogP contribution is 2.05. The minimum atomic E-state index is -0.165. The van der Waals surface area contributed by atoms with E-state index < -0.39 is 0 Å². The molecule has 2 heterocycles. The molecule has 1 amide bonds. The van der Waals surface area contributed by atoms with Crippen molar-refractivity contribution in [1.29, 1.82) is 0 Å². The van der Waals surface area contributed by atoms with E-state index in [1.165, 1.54) is 17.3 Å². The van der Waals surface area contributed by atoms with E-state index in [0.717, 1.165) is 0 Å². The zero-order valence-corrected chi connectivity index (χ0v) is 11.1. The molecule has 10 nitrogen and oxygen atoms in total. The number of rotatable bonds is 5. The maximum atomic E-state index is 11.5. The zero-order chi connectivity index (χ0) is 14.5. The Bertz CT molecular complexity index is 580. The Kier molecular flexibility index (Phi) is 4.03. The molecule has 20 heavy (non-hydrogen) atoms. The molecule has 0 aliphatic heterocycles. The number of nitrogens with two attached hydrogens (primary N) is 1. The number of carbonyl (C=O) groups excluding carboxylic acids is 1. The van der Waals surface area contributed by atoms with Gasteiger partial charge in [-0.05, 0) is 13.8 Å². The van der Waals surface area contributed by atoms with Crippen LogP contribution in [-0.4, -0.2) is 48.2 Å². The van der Waals surface area contributed by atoms with Gasteiger partial charge >= 0.3 is 0 Å². The number of carbonyl (C=O) groups is 1. The molecule has 0 saturated carbocycles. The molecule has 0 spiro atoms. The topological polar surface area (TPSA) is 137 Å². The van der Waals surface area contributed by atoms with Crippen molar-refractivity contribution in [2.45, 2.75) is 19.9 Å². The first-order valence-corrected chi connectivity index (χ1v) is 5.94. The Labute approximate surface area is 114 Å². The maximum Gasteiger partial charge on any atom is 0.258 e. The Morgan fingerprint density at radius 1 is 1.40 bits per heavy atom. The summed E-state index contributed by atoms with van der Waals surface area (Å²) >= 11 is 0. The number of nitrogen functional groups attached to an aromatic ring is 1. The second-order valence-corrected chi connectivity index (χ2v) is 4.23. The van der Waals surface area contributed by atoms with Gasteiger partial charge in [0.05, 0.1) is 6.54 Å². The molecule has 0 fully saturated rings. The van der Waals surface area contributed by atoms with E-state index in [1.807, 2.05) is 13.8 Å². The van der Waals surface area contributed by atoms with E-state index in [2.05, 4.69) is 35.7 Å². The van der Waals surface area contributed by atoms with Crippen molar-refractivity contribution in [2.24, 2.45) is 0 Å². The van der Waals surface area contributed by atoms with Gasteiger partial charge in [-0.15, -0.1) is 0 Å². The van der Waals surface area contributed by atoms with Crippen LogP contribution in [0.25, 0.3) is 5.95 Å². The summed E-state index contributed by atoms with van der Waals surface area (Å²) in [7, 11) is 0. The van der Waals surface area contributed by atoms with Gasteiger partial charge in [-0.25, -0.2) is 4.98 Å². The molecule has 0 saturated heterocycles. The van der Waals surface area contributed by atoms with Gasteiger partial charge in [-0.1, -0.05) is 0 Å². The molecule has 0 unspecified atom stereocenters. The smallest absolute Gasteiger partial charge is 0.258 e. The predicted molar refractivity (Wildman–Crippen MR) is 70.9 cm³/mol. The number of nitrogens with zero attached hydrogens (tertiary/aromatic N) is 6. The first-order valence-electron chi connectivity index (χ1n) is 5.94. The second kappa shape index (κ2) is 5.91. The van der Waals surface area contributed by atoms with Gasteiger partial charge in [-0.3, -0.25) is 4.79 Å². The molecular formula is C10H15N9O. The Morgan fingerprint density at radius 2 is 2.20 bits per heavy atom. The minimum absolute atomic E-state index is 0.0252. The molecular weight excluding hydrogens is 262 g/mol. The Balaban J connectivity index is 2.07. The van der Waals surface area contributed by atoms with Crippen molar-refractivity contribution >= 4 is 17.8 Å². The lowest BCUT2D eigenvalue weighted by molar-refractivity contribution is -0.119. The van der Waals surface area contributed by atoms with Gasteiger partial charge in [0.1, 0.15) is 12.7 Å². The molecule has 10 heteroatoms. The fourth-order valence-electron chi connectivity index (χ4n) is 1.41. The van der Waals surface area contributed by atoms with Gasteiger partial charge in [0.2, 0.25) is 17.8 Å². The van der Waals surface area contributed by atoms with Crippen LogP contribution in [0, 0.1) is 0 Å². The van der Waals surface area contributed by atoms with Gasteiger partial charge in [-0.2, -0.15) is 24.7 Å². The highest BCUT2D eigenvalue weighted by Gasteiger charge is 2.08. The predicted octanol–water partition coefficient (Wildman–Crippen LogP) is -1.03. The third-order valence-corrected chi connectivity index (χ3v) is 2.12. The van der Waals surface area contributed by atoms with Crippen LogP contribution in [0.4, 0.5) is 11.9 Å². The molecule has 0 aliphatic rings. The first-order chi connectivity index (χ1) is 9.54. The lowest BCUT2D eigenvalue weighted by atomic mass is 10.4. The van der Waals surface area contributed by atoms with Crippen LogP contribution in [0.15, 0.2) is 12.7 Å². The third-order valence-electron chi connectivity index (χ3n) is 2.12. The monoisotopic (exact) mass is 277 g/mol. The molecule has 0 aromatic carbocycles. The fourth-order valence-corrected chi connectivity index (χ4v) is 1.41. The largest absolute Gasteiger partial charge is 0.368 e. The van der Waals surface area contributed by atoms with Crippen LogP contribution in [0.5, 0.6) is 0 Å². The van der Waals surface area contributed by atoms with Crippen molar-refractivity contribution in [3.05, 3.63) is 12.7 Å². The Hall–Kier alpha value is -2.78. The summed E-state index contributed by atoms with van der Waals surface area (Å²) in [6, 6.07) is 0.0680. The van der Waals surface area contributed by atoms with Crippen molar-refractivity contribution in [2.75, 3.05) is 17.6 Å². The average Bonchev–Trinajstić information content (AvgIpc) is 2.89. The van der Waals surface area contributed by atoms with Gasteiger partial charge < -0.3 is 16.4 Å². The summed E-state index contributed by atoms with van der Waals surface area (Å²) in [5.41, 5.74) is 5.59. The Morgan fingerprint density at radius 3 is 2.85 bits per heavy atom. The maximum absolute atomic E-state index is 11.5. The lowest BCUT2D eigenvalue weighted by Crippen LogP contribution is -2.35. The van der Waals surface area contributed by atoms with Gasteiger partial charge in [0.25, 0.3) is 5.95 Å². The quantitative estimate of drug-likeness (QED) is 0.631.